The van der Waals surface area contributed by atoms with Crippen LogP contribution in [0.5, 0.6) is 0 Å². The Balaban J connectivity index is 1.90. The topological polar surface area (TPSA) is 66.9 Å². The minimum absolute atomic E-state index is 0.0587. The van der Waals surface area contributed by atoms with E-state index in [2.05, 4.69) is 6.58 Å². The standard InChI is InChI=1S/C19H21ClN2O4S2/c1-2-7-21(14-16-4-3-12-27-16)19(23)15-5-6-17(20)18(13-15)28(24,25)22-8-10-26-11-9-22/h2-6,12-13H,1,7-11,14H2. The first-order chi connectivity index (χ1) is 13.4. The summed E-state index contributed by atoms with van der Waals surface area (Å²) in [5.41, 5.74) is 0.273. The Bertz CT molecular complexity index is 939. The molecule has 1 aromatic carbocycles. The van der Waals surface area contributed by atoms with Crippen molar-refractivity contribution in [1.29, 1.82) is 0 Å². The Morgan fingerprint density at radius 1 is 1.32 bits per heavy atom. The molecule has 1 fully saturated rings. The number of hydrogen-bond acceptors (Lipinski definition) is 5. The van der Waals surface area contributed by atoms with Crippen LogP contribution in [-0.4, -0.2) is 56.4 Å². The van der Waals surface area contributed by atoms with Crippen LogP contribution in [0, 0.1) is 0 Å². The molecule has 0 unspecified atom stereocenters. The van der Waals surface area contributed by atoms with Gasteiger partial charge in [-0.3, -0.25) is 4.79 Å². The van der Waals surface area contributed by atoms with Crippen molar-refractivity contribution in [2.45, 2.75) is 11.4 Å². The second-order valence-corrected chi connectivity index (χ2v) is 9.56. The average molecular weight is 441 g/mol. The fourth-order valence-corrected chi connectivity index (χ4v) is 5.54. The number of ether oxygens (including phenoxy) is 1. The Morgan fingerprint density at radius 3 is 2.71 bits per heavy atom. The lowest BCUT2D eigenvalue weighted by Crippen LogP contribution is -2.40. The van der Waals surface area contributed by atoms with E-state index in [1.54, 1.807) is 28.4 Å². The van der Waals surface area contributed by atoms with E-state index < -0.39 is 10.0 Å². The second-order valence-electron chi connectivity index (χ2n) is 6.22. The first-order valence-corrected chi connectivity index (χ1v) is 11.4. The van der Waals surface area contributed by atoms with Gasteiger partial charge in [0.15, 0.2) is 0 Å². The average Bonchev–Trinajstić information content (AvgIpc) is 3.21. The highest BCUT2D eigenvalue weighted by molar-refractivity contribution is 7.89. The molecule has 1 aliphatic rings. The van der Waals surface area contributed by atoms with E-state index in [1.165, 1.54) is 16.4 Å². The van der Waals surface area contributed by atoms with Crippen LogP contribution in [0.3, 0.4) is 0 Å². The van der Waals surface area contributed by atoms with Gasteiger partial charge in [-0.15, -0.1) is 17.9 Å². The first-order valence-electron chi connectivity index (χ1n) is 8.73. The van der Waals surface area contributed by atoms with E-state index in [1.807, 2.05) is 17.5 Å². The molecule has 9 heteroatoms. The molecule has 0 bridgehead atoms. The predicted molar refractivity (Wildman–Crippen MR) is 110 cm³/mol. The van der Waals surface area contributed by atoms with Crippen molar-refractivity contribution >= 4 is 38.9 Å². The van der Waals surface area contributed by atoms with Gasteiger partial charge in [0.1, 0.15) is 4.90 Å². The van der Waals surface area contributed by atoms with Crippen molar-refractivity contribution in [3.05, 3.63) is 63.8 Å². The molecular formula is C19H21ClN2O4S2. The van der Waals surface area contributed by atoms with E-state index in [4.69, 9.17) is 16.3 Å². The molecule has 0 atom stereocenters. The van der Waals surface area contributed by atoms with E-state index in [0.29, 0.717) is 26.3 Å². The van der Waals surface area contributed by atoms with E-state index >= 15 is 0 Å². The maximum absolute atomic E-state index is 13.0. The third-order valence-corrected chi connectivity index (χ3v) is 7.57. The van der Waals surface area contributed by atoms with Crippen molar-refractivity contribution < 1.29 is 17.9 Å². The van der Waals surface area contributed by atoms with Gasteiger partial charge in [-0.1, -0.05) is 23.7 Å². The Kier molecular flexibility index (Phi) is 6.90. The van der Waals surface area contributed by atoms with Crippen molar-refractivity contribution in [3.8, 4) is 0 Å². The van der Waals surface area contributed by atoms with Crippen molar-refractivity contribution in [1.82, 2.24) is 9.21 Å². The highest BCUT2D eigenvalue weighted by Gasteiger charge is 2.29. The number of hydrogen-bond donors (Lipinski definition) is 0. The molecule has 3 rings (SSSR count). The number of sulfonamides is 1. The van der Waals surface area contributed by atoms with Gasteiger partial charge in [0.05, 0.1) is 24.8 Å². The predicted octanol–water partition coefficient (Wildman–Crippen LogP) is 3.25. The monoisotopic (exact) mass is 440 g/mol. The van der Waals surface area contributed by atoms with Crippen molar-refractivity contribution in [2.24, 2.45) is 0 Å². The molecule has 1 aliphatic heterocycles. The number of halogens is 1. The lowest BCUT2D eigenvalue weighted by Gasteiger charge is -2.27. The van der Waals surface area contributed by atoms with Gasteiger partial charge in [0, 0.05) is 30.1 Å². The zero-order valence-electron chi connectivity index (χ0n) is 15.2. The normalized spacial score (nSPS) is 15.3. The van der Waals surface area contributed by atoms with Gasteiger partial charge < -0.3 is 9.64 Å². The quantitative estimate of drug-likeness (QED) is 0.620. The molecule has 1 saturated heterocycles. The first kappa shape index (κ1) is 21.0. The Hall–Kier alpha value is -1.71. The van der Waals surface area contributed by atoms with Gasteiger partial charge in [-0.25, -0.2) is 8.42 Å². The number of benzene rings is 1. The SMILES string of the molecule is C=CCN(Cc1cccs1)C(=O)c1ccc(Cl)c(S(=O)(=O)N2CCOCC2)c1. The highest BCUT2D eigenvalue weighted by Crippen LogP contribution is 2.27. The van der Waals surface area contributed by atoms with Gasteiger partial charge >= 0.3 is 0 Å². The minimum atomic E-state index is -3.80. The van der Waals surface area contributed by atoms with Gasteiger partial charge in [0.2, 0.25) is 10.0 Å². The maximum Gasteiger partial charge on any atom is 0.254 e. The van der Waals surface area contributed by atoms with Crippen LogP contribution < -0.4 is 0 Å². The number of nitrogens with zero attached hydrogens (tertiary/aromatic N) is 2. The zero-order valence-corrected chi connectivity index (χ0v) is 17.6. The number of rotatable bonds is 7. The number of morpholine rings is 1. The molecule has 2 aromatic rings. The maximum atomic E-state index is 13.0. The summed E-state index contributed by atoms with van der Waals surface area (Å²) in [5.74, 6) is -0.275. The summed E-state index contributed by atoms with van der Waals surface area (Å²) in [5, 5.41) is 2.04. The molecule has 6 nitrogen and oxygen atoms in total. The molecule has 150 valence electrons. The molecule has 0 radical (unpaired) electrons. The summed E-state index contributed by atoms with van der Waals surface area (Å²) in [6.45, 7) is 5.69. The summed E-state index contributed by atoms with van der Waals surface area (Å²) >= 11 is 7.74. The highest BCUT2D eigenvalue weighted by atomic mass is 35.5. The molecule has 28 heavy (non-hydrogen) atoms. The van der Waals surface area contributed by atoms with Gasteiger partial charge in [-0.2, -0.15) is 4.31 Å². The minimum Gasteiger partial charge on any atom is -0.379 e. The summed E-state index contributed by atoms with van der Waals surface area (Å²) < 4.78 is 32.5. The van der Waals surface area contributed by atoms with Crippen LogP contribution in [-0.2, 0) is 21.3 Å². The van der Waals surface area contributed by atoms with Gasteiger partial charge in [-0.05, 0) is 29.6 Å². The van der Waals surface area contributed by atoms with Crippen LogP contribution in [0.4, 0.5) is 0 Å². The molecule has 1 aromatic heterocycles. The van der Waals surface area contributed by atoms with E-state index in [0.717, 1.165) is 4.88 Å². The summed E-state index contributed by atoms with van der Waals surface area (Å²) in [6.07, 6.45) is 1.65. The Morgan fingerprint density at radius 2 is 2.07 bits per heavy atom. The third-order valence-electron chi connectivity index (χ3n) is 4.33. The lowest BCUT2D eigenvalue weighted by atomic mass is 10.2. The van der Waals surface area contributed by atoms with Crippen LogP contribution in [0.15, 0.2) is 53.3 Å². The second kappa shape index (κ2) is 9.19. The zero-order chi connectivity index (χ0) is 20.1. The van der Waals surface area contributed by atoms with E-state index in [-0.39, 0.29) is 34.5 Å². The fraction of sp³-hybridized carbons (Fsp3) is 0.316. The molecule has 0 aliphatic carbocycles. The third kappa shape index (κ3) is 4.64. The van der Waals surface area contributed by atoms with Gasteiger partial charge in [0.25, 0.3) is 5.91 Å². The molecule has 0 N–H and O–H groups in total. The number of carbonyl (C=O) groups excluding carboxylic acids is 1. The molecule has 1 amide bonds. The number of carbonyl (C=O) groups is 1. The van der Waals surface area contributed by atoms with E-state index in [9.17, 15) is 13.2 Å². The summed E-state index contributed by atoms with van der Waals surface area (Å²) in [6, 6.07) is 8.24. The molecule has 2 heterocycles. The number of thiophene rings is 1. The molecule has 0 saturated carbocycles. The molecular weight excluding hydrogens is 420 g/mol. The fourth-order valence-electron chi connectivity index (χ4n) is 2.91. The summed E-state index contributed by atoms with van der Waals surface area (Å²) in [7, 11) is -3.80. The Labute approximate surface area is 174 Å². The van der Waals surface area contributed by atoms with Crippen LogP contribution in [0.2, 0.25) is 5.02 Å². The molecule has 0 spiro atoms. The van der Waals surface area contributed by atoms with Crippen LogP contribution in [0.1, 0.15) is 15.2 Å². The number of amides is 1. The lowest BCUT2D eigenvalue weighted by molar-refractivity contribution is 0.0729. The largest absolute Gasteiger partial charge is 0.379 e. The van der Waals surface area contributed by atoms with Crippen LogP contribution >= 0.6 is 22.9 Å². The smallest absolute Gasteiger partial charge is 0.254 e. The summed E-state index contributed by atoms with van der Waals surface area (Å²) in [4.78, 5) is 15.6. The van der Waals surface area contributed by atoms with Crippen molar-refractivity contribution in [2.75, 3.05) is 32.8 Å². The van der Waals surface area contributed by atoms with Crippen molar-refractivity contribution in [3.63, 3.8) is 0 Å². The van der Waals surface area contributed by atoms with Crippen LogP contribution in [0.25, 0.3) is 0 Å².